The SMILES string of the molecule is O=C(CCCOc1ccccc1)Nc1ccc(=O)[nH]c1. The fraction of sp³-hybridized carbons (Fsp3) is 0.200. The maximum absolute atomic E-state index is 11.7. The lowest BCUT2D eigenvalue weighted by Crippen LogP contribution is -2.14. The number of ether oxygens (including phenoxy) is 1. The molecule has 0 aliphatic carbocycles. The topological polar surface area (TPSA) is 71.2 Å². The summed E-state index contributed by atoms with van der Waals surface area (Å²) in [6.45, 7) is 0.489. The number of nitrogens with one attached hydrogen (secondary N) is 2. The van der Waals surface area contributed by atoms with Crippen LogP contribution in [0.2, 0.25) is 0 Å². The number of aromatic nitrogens is 1. The number of amides is 1. The van der Waals surface area contributed by atoms with Gasteiger partial charge in [-0.2, -0.15) is 0 Å². The molecule has 2 rings (SSSR count). The quantitative estimate of drug-likeness (QED) is 0.792. The van der Waals surface area contributed by atoms with Crippen molar-refractivity contribution in [1.29, 1.82) is 0 Å². The van der Waals surface area contributed by atoms with Gasteiger partial charge in [-0.15, -0.1) is 0 Å². The van der Waals surface area contributed by atoms with E-state index in [0.29, 0.717) is 25.1 Å². The fourth-order valence-electron chi connectivity index (χ4n) is 1.65. The van der Waals surface area contributed by atoms with Crippen LogP contribution >= 0.6 is 0 Å². The first kappa shape index (κ1) is 13.9. The van der Waals surface area contributed by atoms with Crippen LogP contribution in [0.15, 0.2) is 53.5 Å². The van der Waals surface area contributed by atoms with E-state index in [4.69, 9.17) is 4.74 Å². The first-order valence-corrected chi connectivity index (χ1v) is 6.40. The molecule has 0 saturated heterocycles. The monoisotopic (exact) mass is 272 g/mol. The third-order valence-corrected chi connectivity index (χ3v) is 2.63. The molecule has 0 aliphatic rings. The van der Waals surface area contributed by atoms with Gasteiger partial charge in [0.1, 0.15) is 5.75 Å². The Labute approximate surface area is 116 Å². The van der Waals surface area contributed by atoms with Crippen molar-refractivity contribution in [2.75, 3.05) is 11.9 Å². The lowest BCUT2D eigenvalue weighted by molar-refractivity contribution is -0.116. The summed E-state index contributed by atoms with van der Waals surface area (Å²) in [6.07, 6.45) is 2.47. The molecule has 0 atom stereocenters. The van der Waals surface area contributed by atoms with Crippen LogP contribution < -0.4 is 15.6 Å². The molecule has 2 N–H and O–H groups in total. The van der Waals surface area contributed by atoms with E-state index in [1.807, 2.05) is 30.3 Å². The van der Waals surface area contributed by atoms with E-state index < -0.39 is 0 Å². The number of anilines is 1. The van der Waals surface area contributed by atoms with Crippen LogP contribution in [0.25, 0.3) is 0 Å². The minimum atomic E-state index is -0.195. The molecule has 1 aromatic carbocycles. The Balaban J connectivity index is 1.68. The van der Waals surface area contributed by atoms with Crippen molar-refractivity contribution in [3.63, 3.8) is 0 Å². The van der Waals surface area contributed by atoms with Gasteiger partial charge in [-0.1, -0.05) is 18.2 Å². The summed E-state index contributed by atoms with van der Waals surface area (Å²) in [7, 11) is 0. The summed E-state index contributed by atoms with van der Waals surface area (Å²) < 4.78 is 5.49. The number of pyridine rings is 1. The molecule has 5 nitrogen and oxygen atoms in total. The Morgan fingerprint density at radius 3 is 2.65 bits per heavy atom. The van der Waals surface area contributed by atoms with Gasteiger partial charge in [0.25, 0.3) is 0 Å². The molecule has 0 spiro atoms. The predicted octanol–water partition coefficient (Wildman–Crippen LogP) is 2.17. The van der Waals surface area contributed by atoms with Gasteiger partial charge in [0.05, 0.1) is 12.3 Å². The van der Waals surface area contributed by atoms with Crippen LogP contribution in [0, 0.1) is 0 Å². The van der Waals surface area contributed by atoms with Gasteiger partial charge in [0.2, 0.25) is 11.5 Å². The molecule has 20 heavy (non-hydrogen) atoms. The van der Waals surface area contributed by atoms with Gasteiger partial charge in [-0.3, -0.25) is 9.59 Å². The minimum absolute atomic E-state index is 0.103. The van der Waals surface area contributed by atoms with Gasteiger partial charge < -0.3 is 15.0 Å². The zero-order valence-electron chi connectivity index (χ0n) is 11.0. The number of carbonyl (C=O) groups is 1. The summed E-state index contributed by atoms with van der Waals surface area (Å²) in [4.78, 5) is 25.0. The standard InChI is InChI=1S/C15H16N2O3/c18-14-9-8-12(11-16-14)17-15(19)7-4-10-20-13-5-2-1-3-6-13/h1-3,5-6,8-9,11H,4,7,10H2,(H,16,18)(H,17,19). The number of aromatic amines is 1. The van der Waals surface area contributed by atoms with Gasteiger partial charge in [0, 0.05) is 18.7 Å². The van der Waals surface area contributed by atoms with Crippen molar-refractivity contribution in [2.24, 2.45) is 0 Å². The highest BCUT2D eigenvalue weighted by molar-refractivity contribution is 5.90. The Morgan fingerprint density at radius 2 is 1.95 bits per heavy atom. The summed E-state index contributed by atoms with van der Waals surface area (Å²) in [5, 5.41) is 2.70. The van der Waals surface area contributed by atoms with Gasteiger partial charge >= 0.3 is 0 Å². The second-order valence-corrected chi connectivity index (χ2v) is 4.25. The summed E-state index contributed by atoms with van der Waals surface area (Å²) >= 11 is 0. The van der Waals surface area contributed by atoms with Crippen molar-refractivity contribution in [3.8, 4) is 5.75 Å². The third kappa shape index (κ3) is 4.61. The highest BCUT2D eigenvalue weighted by Crippen LogP contribution is 2.09. The first-order chi connectivity index (χ1) is 9.74. The molecule has 104 valence electrons. The number of para-hydroxylation sites is 1. The van der Waals surface area contributed by atoms with Crippen LogP contribution in [-0.4, -0.2) is 17.5 Å². The highest BCUT2D eigenvalue weighted by atomic mass is 16.5. The number of hydrogen-bond donors (Lipinski definition) is 2. The van der Waals surface area contributed by atoms with E-state index in [1.165, 1.54) is 12.3 Å². The van der Waals surface area contributed by atoms with E-state index in [9.17, 15) is 9.59 Å². The average molecular weight is 272 g/mol. The number of carbonyl (C=O) groups excluding carboxylic acids is 1. The Hall–Kier alpha value is -2.56. The first-order valence-electron chi connectivity index (χ1n) is 6.40. The summed E-state index contributed by atoms with van der Waals surface area (Å²) in [5.74, 6) is 0.697. The number of hydrogen-bond acceptors (Lipinski definition) is 3. The molecule has 0 bridgehead atoms. The zero-order chi connectivity index (χ0) is 14.2. The van der Waals surface area contributed by atoms with Crippen LogP contribution in [-0.2, 0) is 4.79 Å². The average Bonchev–Trinajstić information content (AvgIpc) is 2.47. The number of H-pyrrole nitrogens is 1. The molecule has 0 saturated carbocycles. The predicted molar refractivity (Wildman–Crippen MR) is 76.9 cm³/mol. The minimum Gasteiger partial charge on any atom is -0.494 e. The number of rotatable bonds is 6. The Kier molecular flexibility index (Phi) is 4.94. The largest absolute Gasteiger partial charge is 0.494 e. The molecule has 5 heteroatoms. The molecule has 2 aromatic rings. The molecule has 0 fully saturated rings. The van der Waals surface area contributed by atoms with Gasteiger partial charge in [0.15, 0.2) is 0 Å². The molecule has 0 aliphatic heterocycles. The van der Waals surface area contributed by atoms with E-state index in [1.54, 1.807) is 6.07 Å². The maximum Gasteiger partial charge on any atom is 0.248 e. The van der Waals surface area contributed by atoms with E-state index in [0.717, 1.165) is 5.75 Å². The van der Waals surface area contributed by atoms with Gasteiger partial charge in [-0.05, 0) is 24.6 Å². The van der Waals surface area contributed by atoms with Crippen LogP contribution in [0.4, 0.5) is 5.69 Å². The van der Waals surface area contributed by atoms with Crippen LogP contribution in [0.5, 0.6) is 5.75 Å². The molecule has 0 radical (unpaired) electrons. The lowest BCUT2D eigenvalue weighted by Gasteiger charge is -2.06. The smallest absolute Gasteiger partial charge is 0.248 e. The second kappa shape index (κ2) is 7.13. The number of benzene rings is 1. The van der Waals surface area contributed by atoms with E-state index >= 15 is 0 Å². The maximum atomic E-state index is 11.7. The lowest BCUT2D eigenvalue weighted by atomic mass is 10.3. The van der Waals surface area contributed by atoms with Crippen molar-refractivity contribution >= 4 is 11.6 Å². The van der Waals surface area contributed by atoms with E-state index in [-0.39, 0.29) is 11.5 Å². The van der Waals surface area contributed by atoms with E-state index in [2.05, 4.69) is 10.3 Å². The second-order valence-electron chi connectivity index (χ2n) is 4.25. The zero-order valence-corrected chi connectivity index (χ0v) is 11.0. The molecule has 1 heterocycles. The van der Waals surface area contributed by atoms with Gasteiger partial charge in [-0.25, -0.2) is 0 Å². The molecule has 0 unspecified atom stereocenters. The summed E-state index contributed by atoms with van der Waals surface area (Å²) in [5.41, 5.74) is 0.387. The van der Waals surface area contributed by atoms with Crippen molar-refractivity contribution in [2.45, 2.75) is 12.8 Å². The van der Waals surface area contributed by atoms with Crippen LogP contribution in [0.3, 0.4) is 0 Å². The van der Waals surface area contributed by atoms with Crippen molar-refractivity contribution < 1.29 is 9.53 Å². The van der Waals surface area contributed by atoms with Crippen molar-refractivity contribution in [3.05, 3.63) is 59.0 Å². The third-order valence-electron chi connectivity index (χ3n) is 2.63. The molecular weight excluding hydrogens is 256 g/mol. The fourth-order valence-corrected chi connectivity index (χ4v) is 1.65. The van der Waals surface area contributed by atoms with Crippen LogP contribution in [0.1, 0.15) is 12.8 Å². The van der Waals surface area contributed by atoms with Crippen molar-refractivity contribution in [1.82, 2.24) is 4.98 Å². The Bertz CT molecular complexity index is 588. The highest BCUT2D eigenvalue weighted by Gasteiger charge is 2.02. The normalized spacial score (nSPS) is 10.0. The summed E-state index contributed by atoms with van der Waals surface area (Å²) in [6, 6.07) is 12.4. The molecular formula is C15H16N2O3. The molecule has 1 aromatic heterocycles. The Morgan fingerprint density at radius 1 is 1.15 bits per heavy atom. The molecule has 1 amide bonds.